The maximum absolute atomic E-state index is 14.2. The molecule has 0 radical (unpaired) electrons. The average molecular weight is 474 g/mol. The number of nitrogens with zero attached hydrogens (tertiary/aromatic N) is 3. The van der Waals surface area contributed by atoms with Crippen molar-refractivity contribution >= 4 is 40.0 Å². The molecular formula is C31H27N3O2. The molecule has 1 spiro atoms. The van der Waals surface area contributed by atoms with Gasteiger partial charge >= 0.3 is 0 Å². The quantitative estimate of drug-likeness (QED) is 0.328. The normalized spacial score (nSPS) is 20.9. The first-order valence-corrected chi connectivity index (χ1v) is 12.5. The first-order chi connectivity index (χ1) is 17.4. The summed E-state index contributed by atoms with van der Waals surface area (Å²) in [5.74, 6) is 0.503. The minimum absolute atomic E-state index is 0.0508. The van der Waals surface area contributed by atoms with Crippen molar-refractivity contribution in [1.29, 1.82) is 0 Å². The van der Waals surface area contributed by atoms with Crippen molar-refractivity contribution < 1.29 is 9.53 Å². The number of rotatable bonds is 1. The van der Waals surface area contributed by atoms with Crippen LogP contribution in [0.5, 0.6) is 5.75 Å². The average Bonchev–Trinajstić information content (AvgIpc) is 3.41. The fraction of sp³-hybridized carbons (Fsp3) is 0.226. The molecule has 0 bridgehead atoms. The van der Waals surface area contributed by atoms with E-state index in [2.05, 4.69) is 43.0 Å². The number of ether oxygens (including phenoxy) is 1. The first kappa shape index (κ1) is 21.2. The number of amides is 1. The van der Waals surface area contributed by atoms with Crippen LogP contribution >= 0.6 is 0 Å². The number of benzene rings is 4. The minimum atomic E-state index is -0.857. The van der Waals surface area contributed by atoms with Gasteiger partial charge in [0, 0.05) is 30.4 Å². The maximum Gasteiger partial charge on any atom is 0.262 e. The van der Waals surface area contributed by atoms with E-state index in [0.717, 1.165) is 34.3 Å². The van der Waals surface area contributed by atoms with Crippen molar-refractivity contribution in [2.75, 3.05) is 23.4 Å². The third-order valence-corrected chi connectivity index (χ3v) is 8.30. The molecule has 0 N–H and O–H groups in total. The summed E-state index contributed by atoms with van der Waals surface area (Å²) >= 11 is 0. The Morgan fingerprint density at radius 3 is 2.50 bits per heavy atom. The summed E-state index contributed by atoms with van der Waals surface area (Å²) < 4.78 is 7.03. The van der Waals surface area contributed by atoms with Gasteiger partial charge in [-0.1, -0.05) is 60.7 Å². The number of carbonyl (C=O) groups excluding carboxylic acids is 1. The summed E-state index contributed by atoms with van der Waals surface area (Å²) in [5.41, 5.74) is 4.50. The van der Waals surface area contributed by atoms with E-state index in [-0.39, 0.29) is 5.91 Å². The number of hydrogen-bond donors (Lipinski definition) is 0. The molecule has 4 aromatic rings. The smallest absolute Gasteiger partial charge is 0.262 e. The van der Waals surface area contributed by atoms with Crippen LogP contribution in [0.4, 0.5) is 17.1 Å². The lowest BCUT2D eigenvalue weighted by molar-refractivity contribution is 0.0791. The van der Waals surface area contributed by atoms with Crippen LogP contribution in [-0.4, -0.2) is 31.4 Å². The lowest BCUT2D eigenvalue weighted by atomic mass is 9.77. The molecule has 0 fully saturated rings. The molecule has 1 atom stereocenters. The van der Waals surface area contributed by atoms with E-state index in [9.17, 15) is 4.79 Å². The van der Waals surface area contributed by atoms with Crippen LogP contribution in [0.2, 0.25) is 0 Å². The fourth-order valence-corrected chi connectivity index (χ4v) is 6.26. The van der Waals surface area contributed by atoms with Crippen molar-refractivity contribution in [3.05, 3.63) is 95.6 Å². The van der Waals surface area contributed by atoms with Crippen molar-refractivity contribution in [2.24, 2.45) is 4.99 Å². The molecule has 3 aliphatic rings. The number of fused-ring (bicyclic) bond motifs is 5. The zero-order valence-electron chi connectivity index (χ0n) is 20.7. The molecule has 1 unspecified atom stereocenters. The summed E-state index contributed by atoms with van der Waals surface area (Å²) in [6.45, 7) is 5.03. The van der Waals surface area contributed by atoms with Crippen LogP contribution in [0.3, 0.4) is 0 Å². The Balaban J connectivity index is 1.43. The summed E-state index contributed by atoms with van der Waals surface area (Å²) in [6, 6.07) is 26.6. The van der Waals surface area contributed by atoms with Gasteiger partial charge in [-0.3, -0.25) is 9.79 Å². The number of hydrogen-bond acceptors (Lipinski definition) is 4. The molecule has 3 aliphatic heterocycles. The summed E-state index contributed by atoms with van der Waals surface area (Å²) in [6.07, 6.45) is 2.78. The molecule has 0 aromatic heterocycles. The van der Waals surface area contributed by atoms with Gasteiger partial charge in [0.25, 0.3) is 5.91 Å². The zero-order chi connectivity index (χ0) is 24.7. The van der Waals surface area contributed by atoms with E-state index in [1.165, 1.54) is 11.1 Å². The summed E-state index contributed by atoms with van der Waals surface area (Å²) in [4.78, 5) is 23.2. The largest absolute Gasteiger partial charge is 0.459 e. The van der Waals surface area contributed by atoms with Gasteiger partial charge in [0.2, 0.25) is 5.72 Å². The Morgan fingerprint density at radius 2 is 1.67 bits per heavy atom. The van der Waals surface area contributed by atoms with E-state index in [1.807, 2.05) is 72.8 Å². The highest BCUT2D eigenvalue weighted by Crippen LogP contribution is 2.55. The second-order valence-electron chi connectivity index (χ2n) is 10.4. The van der Waals surface area contributed by atoms with Crippen molar-refractivity contribution in [3.8, 4) is 5.75 Å². The SMILES string of the molecule is CN1c2ccccc2C(C)(C)C12C=Nc1c(c(C(=O)N3CCc4ccccc43)cc3ccccc13)O2. The Morgan fingerprint density at radius 1 is 0.944 bits per heavy atom. The number of likely N-dealkylation sites (N-methyl/N-ethyl adjacent to an activating group) is 1. The van der Waals surface area contributed by atoms with Gasteiger partial charge in [-0.25, -0.2) is 0 Å². The van der Waals surface area contributed by atoms with E-state index in [4.69, 9.17) is 9.73 Å². The topological polar surface area (TPSA) is 45.1 Å². The van der Waals surface area contributed by atoms with Gasteiger partial charge in [-0.05, 0) is 55.0 Å². The van der Waals surface area contributed by atoms with E-state index < -0.39 is 11.1 Å². The van der Waals surface area contributed by atoms with Crippen molar-refractivity contribution in [1.82, 2.24) is 0 Å². The Hall–Kier alpha value is -4.12. The first-order valence-electron chi connectivity index (χ1n) is 12.5. The number of para-hydroxylation sites is 2. The number of anilines is 2. The van der Waals surface area contributed by atoms with Crippen LogP contribution < -0.4 is 14.5 Å². The molecule has 36 heavy (non-hydrogen) atoms. The molecule has 5 heteroatoms. The van der Waals surface area contributed by atoms with E-state index in [0.29, 0.717) is 17.9 Å². The molecule has 3 heterocycles. The second kappa shape index (κ2) is 7.20. The molecule has 4 aromatic carbocycles. The predicted octanol–water partition coefficient (Wildman–Crippen LogP) is 6.26. The highest BCUT2D eigenvalue weighted by molar-refractivity contribution is 6.14. The molecule has 0 saturated carbocycles. The molecule has 178 valence electrons. The summed E-state index contributed by atoms with van der Waals surface area (Å²) in [5, 5.41) is 1.96. The number of aliphatic imine (C=N–C) groups is 1. The zero-order valence-corrected chi connectivity index (χ0v) is 20.7. The van der Waals surface area contributed by atoms with E-state index >= 15 is 0 Å². The van der Waals surface area contributed by atoms with Gasteiger partial charge in [-0.2, -0.15) is 0 Å². The third kappa shape index (κ3) is 2.60. The fourth-order valence-electron chi connectivity index (χ4n) is 6.26. The molecule has 0 saturated heterocycles. The molecule has 0 aliphatic carbocycles. The van der Waals surface area contributed by atoms with Crippen LogP contribution in [0, 0.1) is 0 Å². The van der Waals surface area contributed by atoms with Gasteiger partial charge in [0.1, 0.15) is 5.69 Å². The third-order valence-electron chi connectivity index (χ3n) is 8.30. The van der Waals surface area contributed by atoms with Gasteiger partial charge in [0.15, 0.2) is 5.75 Å². The second-order valence-corrected chi connectivity index (χ2v) is 10.4. The molecule has 5 nitrogen and oxygen atoms in total. The van der Waals surface area contributed by atoms with Gasteiger partial charge < -0.3 is 14.5 Å². The van der Waals surface area contributed by atoms with Crippen molar-refractivity contribution in [3.63, 3.8) is 0 Å². The van der Waals surface area contributed by atoms with Crippen LogP contribution in [-0.2, 0) is 11.8 Å². The van der Waals surface area contributed by atoms with Crippen molar-refractivity contribution in [2.45, 2.75) is 31.4 Å². The standard InChI is InChI=1S/C31H27N3O2/c1-30(2)24-13-7-9-15-26(24)33(3)31(30)19-32-27-22-12-6-4-11-21(22)18-23(28(27)36-31)29(35)34-17-16-20-10-5-8-14-25(20)34/h4-15,18-19H,16-17H2,1-3H3. The Labute approximate surface area is 210 Å². The lowest BCUT2D eigenvalue weighted by Crippen LogP contribution is -2.61. The predicted molar refractivity (Wildman–Crippen MR) is 145 cm³/mol. The summed E-state index contributed by atoms with van der Waals surface area (Å²) in [7, 11) is 2.05. The monoisotopic (exact) mass is 473 g/mol. The highest BCUT2D eigenvalue weighted by Gasteiger charge is 2.59. The van der Waals surface area contributed by atoms with E-state index in [1.54, 1.807) is 0 Å². The molecular weight excluding hydrogens is 446 g/mol. The Kier molecular flexibility index (Phi) is 4.24. The molecule has 7 rings (SSSR count). The minimum Gasteiger partial charge on any atom is -0.459 e. The van der Waals surface area contributed by atoms with Crippen LogP contribution in [0.25, 0.3) is 10.8 Å². The van der Waals surface area contributed by atoms with Gasteiger partial charge in [-0.15, -0.1) is 0 Å². The Bertz CT molecular complexity index is 1610. The van der Waals surface area contributed by atoms with Crippen LogP contribution in [0.15, 0.2) is 83.9 Å². The van der Waals surface area contributed by atoms with Gasteiger partial charge in [0.05, 0.1) is 17.2 Å². The maximum atomic E-state index is 14.2. The van der Waals surface area contributed by atoms with Crippen LogP contribution in [0.1, 0.15) is 35.3 Å². The number of carbonyl (C=O) groups is 1. The lowest BCUT2D eigenvalue weighted by Gasteiger charge is -2.45. The molecule has 1 amide bonds. The highest BCUT2D eigenvalue weighted by atomic mass is 16.5.